The number of fused-ring (bicyclic) bond motifs is 1. The Morgan fingerprint density at radius 3 is 2.50 bits per heavy atom. The Kier molecular flexibility index (Phi) is 4.21. The summed E-state index contributed by atoms with van der Waals surface area (Å²) in [5, 5.41) is 1.21. The van der Waals surface area contributed by atoms with Crippen molar-refractivity contribution in [2.75, 3.05) is 24.6 Å². The van der Waals surface area contributed by atoms with Gasteiger partial charge < -0.3 is 0 Å². The number of hydrogen-bond donors (Lipinski definition) is 0. The van der Waals surface area contributed by atoms with Crippen molar-refractivity contribution >= 4 is 31.4 Å². The molecule has 1 aliphatic carbocycles. The van der Waals surface area contributed by atoms with Crippen molar-refractivity contribution in [3.63, 3.8) is 0 Å². The molecule has 0 unspecified atom stereocenters. The summed E-state index contributed by atoms with van der Waals surface area (Å²) in [6, 6.07) is 2.35. The Balaban J connectivity index is 1.34. The predicted octanol–water partition coefficient (Wildman–Crippen LogP) is 3.91. The summed E-state index contributed by atoms with van der Waals surface area (Å²) < 4.78 is 23.1. The number of hydrogen-bond acceptors (Lipinski definition) is 6. The lowest BCUT2D eigenvalue weighted by molar-refractivity contribution is 0.0174. The molecular weight excluding hydrogens is 390 g/mol. The molecule has 2 aliphatic heterocycles. The Labute approximate surface area is 171 Å². The van der Waals surface area contributed by atoms with Gasteiger partial charge in [0.25, 0.3) is 0 Å². The van der Waals surface area contributed by atoms with Gasteiger partial charge in [0.05, 0.1) is 17.2 Å². The zero-order valence-electron chi connectivity index (χ0n) is 17.0. The van der Waals surface area contributed by atoms with Gasteiger partial charge >= 0.3 is 0 Å². The van der Waals surface area contributed by atoms with Crippen LogP contribution < -0.4 is 0 Å². The van der Waals surface area contributed by atoms with Crippen LogP contribution in [0.2, 0.25) is 0 Å². The number of sulfone groups is 1. The third-order valence-corrected chi connectivity index (χ3v) is 10.2. The average Bonchev–Trinajstić information content (AvgIpc) is 2.95. The average molecular weight is 420 g/mol. The molecule has 0 N–H and O–H groups in total. The number of rotatable bonds is 3. The highest BCUT2D eigenvalue weighted by atomic mass is 32.2. The van der Waals surface area contributed by atoms with E-state index in [1.54, 1.807) is 0 Å². The summed E-state index contributed by atoms with van der Waals surface area (Å²) in [6.45, 7) is 9.30. The highest BCUT2D eigenvalue weighted by Gasteiger charge is 2.55. The summed E-state index contributed by atoms with van der Waals surface area (Å²) in [4.78, 5) is 14.4. The molecule has 152 valence electrons. The van der Waals surface area contributed by atoms with Crippen molar-refractivity contribution in [2.45, 2.75) is 58.9 Å². The lowest BCUT2D eigenvalue weighted by Gasteiger charge is -2.54. The first-order valence-electron chi connectivity index (χ1n) is 10.3. The van der Waals surface area contributed by atoms with E-state index in [1.165, 1.54) is 35.9 Å². The summed E-state index contributed by atoms with van der Waals surface area (Å²) in [5.41, 5.74) is 1.63. The van der Waals surface area contributed by atoms with Crippen molar-refractivity contribution in [3.05, 3.63) is 22.5 Å². The van der Waals surface area contributed by atoms with Gasteiger partial charge in [-0.05, 0) is 50.0 Å². The number of likely N-dealkylation sites (tertiary alicyclic amines) is 1. The lowest BCUT2D eigenvalue weighted by atomic mass is 9.73. The molecule has 7 heteroatoms. The molecule has 0 radical (unpaired) electrons. The molecule has 1 spiro atoms. The van der Waals surface area contributed by atoms with Crippen LogP contribution >= 0.6 is 11.3 Å². The van der Waals surface area contributed by atoms with Crippen molar-refractivity contribution < 1.29 is 8.42 Å². The predicted molar refractivity (Wildman–Crippen MR) is 114 cm³/mol. The Bertz CT molecular complexity index is 1010. The molecule has 1 saturated carbocycles. The summed E-state index contributed by atoms with van der Waals surface area (Å²) in [7, 11) is -2.76. The molecule has 2 aromatic rings. The van der Waals surface area contributed by atoms with Gasteiger partial charge in [-0.1, -0.05) is 13.8 Å². The molecule has 4 heterocycles. The molecule has 2 saturated heterocycles. The fourth-order valence-electron chi connectivity index (χ4n) is 5.42. The van der Waals surface area contributed by atoms with Crippen LogP contribution in [-0.4, -0.2) is 47.9 Å². The van der Waals surface area contributed by atoms with Gasteiger partial charge in [-0.25, -0.2) is 18.4 Å². The van der Waals surface area contributed by atoms with Crippen molar-refractivity contribution in [3.8, 4) is 0 Å². The molecule has 0 atom stereocenters. The first kappa shape index (κ1) is 18.9. The minimum absolute atomic E-state index is 0.0364. The Morgan fingerprint density at radius 2 is 1.86 bits per heavy atom. The minimum Gasteiger partial charge on any atom is -0.296 e. The second-order valence-corrected chi connectivity index (χ2v) is 13.3. The van der Waals surface area contributed by atoms with Gasteiger partial charge in [-0.3, -0.25) is 4.90 Å². The fourth-order valence-corrected chi connectivity index (χ4v) is 8.84. The molecule has 3 aliphatic rings. The first-order chi connectivity index (χ1) is 13.1. The third kappa shape index (κ3) is 3.39. The zero-order valence-corrected chi connectivity index (χ0v) is 18.6. The maximum Gasteiger partial charge on any atom is 0.151 e. The highest BCUT2D eigenvalue weighted by molar-refractivity contribution is 7.92. The van der Waals surface area contributed by atoms with Crippen LogP contribution in [0.15, 0.2) is 6.07 Å². The molecule has 0 amide bonds. The van der Waals surface area contributed by atoms with E-state index in [1.807, 2.05) is 18.3 Å². The maximum absolute atomic E-state index is 11.5. The van der Waals surface area contributed by atoms with Gasteiger partial charge in [-0.15, -0.1) is 11.3 Å². The quantitative estimate of drug-likeness (QED) is 0.755. The van der Waals surface area contributed by atoms with E-state index < -0.39 is 9.84 Å². The second-order valence-electron chi connectivity index (χ2n) is 10.2. The van der Waals surface area contributed by atoms with E-state index >= 15 is 0 Å². The van der Waals surface area contributed by atoms with Gasteiger partial charge in [0, 0.05) is 35.3 Å². The van der Waals surface area contributed by atoms with Gasteiger partial charge in [0.2, 0.25) is 0 Å². The van der Waals surface area contributed by atoms with Crippen LogP contribution in [0, 0.1) is 17.8 Å². The van der Waals surface area contributed by atoms with Crippen molar-refractivity contribution in [2.24, 2.45) is 10.8 Å². The molecular formula is C21H29N3O2S2. The molecule has 0 aromatic carbocycles. The van der Waals surface area contributed by atoms with Crippen LogP contribution in [0.1, 0.15) is 61.8 Å². The highest BCUT2D eigenvalue weighted by Crippen LogP contribution is 2.46. The normalized spacial score (nSPS) is 26.2. The van der Waals surface area contributed by atoms with Gasteiger partial charge in [-0.2, -0.15) is 0 Å². The SMILES string of the molecule is Cc1nc(CN2CC3(C2)CS(=O)(=O)C3)c2cc(C3CCC(C)(C)CC3)sc2n1. The first-order valence-corrected chi connectivity index (χ1v) is 13.0. The molecule has 3 fully saturated rings. The fraction of sp³-hybridized carbons (Fsp3) is 0.714. The monoisotopic (exact) mass is 419 g/mol. The molecule has 5 rings (SSSR count). The van der Waals surface area contributed by atoms with Crippen LogP contribution in [0.25, 0.3) is 10.2 Å². The summed E-state index contributed by atoms with van der Waals surface area (Å²) in [6.07, 6.45) is 5.12. The number of thiophene rings is 1. The van der Waals surface area contributed by atoms with E-state index in [2.05, 4.69) is 24.8 Å². The van der Waals surface area contributed by atoms with Crippen molar-refractivity contribution in [1.82, 2.24) is 14.9 Å². The Hall–Kier alpha value is -1.05. The standard InChI is InChI=1S/C21H29N3O2S2/c1-14-22-17(9-24-10-21(11-24)12-28(25,26)13-21)16-8-18(27-19(16)23-14)15-4-6-20(2,3)7-5-15/h8,15H,4-7,9-13H2,1-3H3. The summed E-state index contributed by atoms with van der Waals surface area (Å²) in [5.74, 6) is 2.24. The molecule has 5 nitrogen and oxygen atoms in total. The maximum atomic E-state index is 11.5. The molecule has 2 aromatic heterocycles. The lowest BCUT2D eigenvalue weighted by Crippen LogP contribution is -2.67. The van der Waals surface area contributed by atoms with Gasteiger partial charge in [0.1, 0.15) is 10.7 Å². The van der Waals surface area contributed by atoms with Crippen LogP contribution in [0.3, 0.4) is 0 Å². The number of aromatic nitrogens is 2. The van der Waals surface area contributed by atoms with E-state index in [4.69, 9.17) is 9.97 Å². The molecule has 0 bridgehead atoms. The minimum atomic E-state index is -2.76. The number of aryl methyl sites for hydroxylation is 1. The van der Waals surface area contributed by atoms with Crippen molar-refractivity contribution in [1.29, 1.82) is 0 Å². The third-order valence-electron chi connectivity index (χ3n) is 6.89. The molecule has 28 heavy (non-hydrogen) atoms. The van der Waals surface area contributed by atoms with E-state index in [0.29, 0.717) is 22.8 Å². The van der Waals surface area contributed by atoms with E-state index in [9.17, 15) is 8.42 Å². The van der Waals surface area contributed by atoms with E-state index in [-0.39, 0.29) is 5.41 Å². The van der Waals surface area contributed by atoms with E-state index in [0.717, 1.165) is 36.0 Å². The topological polar surface area (TPSA) is 63.2 Å². The zero-order chi connectivity index (χ0) is 19.7. The van der Waals surface area contributed by atoms with Gasteiger partial charge in [0.15, 0.2) is 9.84 Å². The van der Waals surface area contributed by atoms with Crippen LogP contribution in [-0.2, 0) is 16.4 Å². The largest absolute Gasteiger partial charge is 0.296 e. The summed E-state index contributed by atoms with van der Waals surface area (Å²) >= 11 is 1.85. The second kappa shape index (κ2) is 6.22. The smallest absolute Gasteiger partial charge is 0.151 e. The Morgan fingerprint density at radius 1 is 1.18 bits per heavy atom. The van der Waals surface area contributed by atoms with Crippen LogP contribution in [0.5, 0.6) is 0 Å². The number of nitrogens with zero attached hydrogens (tertiary/aromatic N) is 3. The van der Waals surface area contributed by atoms with Crippen LogP contribution in [0.4, 0.5) is 0 Å².